The Hall–Kier alpha value is -4.17. The van der Waals surface area contributed by atoms with Gasteiger partial charge in [-0.05, 0) is 42.5 Å². The Bertz CT molecular complexity index is 1260. The number of rotatable bonds is 4. The Balaban J connectivity index is 1.69. The highest BCUT2D eigenvalue weighted by Gasteiger charge is 2.37. The zero-order chi connectivity index (χ0) is 22.1. The lowest BCUT2D eigenvalue weighted by molar-refractivity contribution is -0.255. The number of carboxylic acid groups (broad SMARTS) is 1. The van der Waals surface area contributed by atoms with Crippen LogP contribution in [-0.2, 0) is 9.59 Å². The van der Waals surface area contributed by atoms with Crippen molar-refractivity contribution >= 4 is 47.2 Å². The van der Waals surface area contributed by atoms with Crippen molar-refractivity contribution in [3.05, 3.63) is 82.6 Å². The molecule has 8 nitrogen and oxygen atoms in total. The number of nitrogens with zero attached hydrogens (tertiary/aromatic N) is 1. The molecule has 1 aromatic heterocycles. The van der Waals surface area contributed by atoms with E-state index in [0.29, 0.717) is 5.02 Å². The Kier molecular flexibility index (Phi) is 5.14. The van der Waals surface area contributed by atoms with Crippen LogP contribution in [0, 0.1) is 0 Å². The maximum Gasteiger partial charge on any atom is 0.335 e. The molecule has 3 aromatic rings. The van der Waals surface area contributed by atoms with E-state index in [1.165, 1.54) is 48.5 Å². The number of aromatic carboxylic acids is 1. The largest absolute Gasteiger partial charge is 0.545 e. The van der Waals surface area contributed by atoms with E-state index < -0.39 is 23.8 Å². The van der Waals surface area contributed by atoms with Crippen LogP contribution in [0.2, 0.25) is 5.02 Å². The van der Waals surface area contributed by atoms with E-state index in [1.807, 2.05) is 0 Å². The van der Waals surface area contributed by atoms with Gasteiger partial charge in [-0.2, -0.15) is 0 Å². The average Bonchev–Trinajstić information content (AvgIpc) is 3.21. The second-order valence-corrected chi connectivity index (χ2v) is 6.91. The van der Waals surface area contributed by atoms with Gasteiger partial charge >= 0.3 is 6.03 Å². The predicted octanol–water partition coefficient (Wildman–Crippen LogP) is 2.63. The first kappa shape index (κ1) is 20.1. The van der Waals surface area contributed by atoms with Crippen LogP contribution < -0.4 is 15.3 Å². The van der Waals surface area contributed by atoms with Crippen molar-refractivity contribution in [2.24, 2.45) is 0 Å². The van der Waals surface area contributed by atoms with Crippen LogP contribution in [-0.4, -0.2) is 23.8 Å². The highest BCUT2D eigenvalue weighted by Crippen LogP contribution is 2.28. The fourth-order valence-corrected chi connectivity index (χ4v) is 3.20. The number of halogens is 1. The maximum absolute atomic E-state index is 12.9. The van der Waals surface area contributed by atoms with Gasteiger partial charge in [0.2, 0.25) is 0 Å². The van der Waals surface area contributed by atoms with Crippen LogP contribution in [0.3, 0.4) is 0 Å². The number of barbiturate groups is 1. The van der Waals surface area contributed by atoms with Crippen LogP contribution in [0.5, 0.6) is 0 Å². The Morgan fingerprint density at radius 2 is 1.71 bits per heavy atom. The fraction of sp³-hybridized carbons (Fsp3) is 0. The number of amides is 4. The highest BCUT2D eigenvalue weighted by atomic mass is 35.5. The Morgan fingerprint density at radius 3 is 2.42 bits per heavy atom. The highest BCUT2D eigenvalue weighted by molar-refractivity contribution is 6.39. The van der Waals surface area contributed by atoms with Gasteiger partial charge < -0.3 is 14.3 Å². The molecule has 0 unspecified atom stereocenters. The second kappa shape index (κ2) is 7.92. The van der Waals surface area contributed by atoms with Crippen molar-refractivity contribution in [2.45, 2.75) is 0 Å². The number of furan rings is 1. The van der Waals surface area contributed by atoms with Crippen LogP contribution in [0.4, 0.5) is 10.5 Å². The molecule has 4 rings (SSSR count). The Morgan fingerprint density at radius 1 is 1.00 bits per heavy atom. The van der Waals surface area contributed by atoms with Crippen molar-refractivity contribution in [1.29, 1.82) is 0 Å². The molecule has 0 saturated carbocycles. The quantitative estimate of drug-likeness (QED) is 0.497. The Labute approximate surface area is 180 Å². The molecule has 4 amide bonds. The third-order valence-corrected chi connectivity index (χ3v) is 4.76. The van der Waals surface area contributed by atoms with Crippen LogP contribution in [0.25, 0.3) is 17.4 Å². The topological polar surface area (TPSA) is 120 Å². The normalized spacial score (nSPS) is 15.3. The number of carbonyl (C=O) groups is 4. The summed E-state index contributed by atoms with van der Waals surface area (Å²) in [7, 11) is 0. The van der Waals surface area contributed by atoms with Gasteiger partial charge in [0.1, 0.15) is 17.1 Å². The van der Waals surface area contributed by atoms with Crippen molar-refractivity contribution in [2.75, 3.05) is 4.90 Å². The first-order valence-electron chi connectivity index (χ1n) is 8.93. The van der Waals surface area contributed by atoms with E-state index in [9.17, 15) is 24.3 Å². The smallest absolute Gasteiger partial charge is 0.335 e. The minimum Gasteiger partial charge on any atom is -0.545 e. The molecule has 0 bridgehead atoms. The molecule has 1 fully saturated rings. The van der Waals surface area contributed by atoms with Gasteiger partial charge in [0.05, 0.1) is 11.7 Å². The molecule has 0 aliphatic carbocycles. The summed E-state index contributed by atoms with van der Waals surface area (Å²) in [4.78, 5) is 49.5. The molecule has 2 heterocycles. The molecule has 0 radical (unpaired) electrons. The number of anilines is 1. The lowest BCUT2D eigenvalue weighted by Gasteiger charge is -2.26. The maximum atomic E-state index is 12.9. The van der Waals surface area contributed by atoms with Crippen molar-refractivity contribution in [3.8, 4) is 11.3 Å². The van der Waals surface area contributed by atoms with Gasteiger partial charge in [-0.25, -0.2) is 9.69 Å². The minimum absolute atomic E-state index is 0.0675. The van der Waals surface area contributed by atoms with Gasteiger partial charge in [0.15, 0.2) is 0 Å². The zero-order valence-electron chi connectivity index (χ0n) is 15.6. The molecule has 31 heavy (non-hydrogen) atoms. The number of urea groups is 1. The number of hydrogen-bond donors (Lipinski definition) is 1. The lowest BCUT2D eigenvalue weighted by Crippen LogP contribution is -2.54. The summed E-state index contributed by atoms with van der Waals surface area (Å²) in [6, 6.07) is 14.1. The summed E-state index contributed by atoms with van der Waals surface area (Å²) in [5, 5.41) is 13.8. The van der Waals surface area contributed by atoms with Gasteiger partial charge in [-0.3, -0.25) is 14.9 Å². The molecular formula is C22H12ClN2O6-. The summed E-state index contributed by atoms with van der Waals surface area (Å²) in [5.41, 5.74) is 0.114. The number of benzene rings is 2. The summed E-state index contributed by atoms with van der Waals surface area (Å²) in [6.45, 7) is 0. The molecule has 0 atom stereocenters. The molecule has 2 aromatic carbocycles. The van der Waals surface area contributed by atoms with E-state index in [2.05, 4.69) is 5.32 Å². The first-order chi connectivity index (χ1) is 14.8. The molecule has 1 saturated heterocycles. The van der Waals surface area contributed by atoms with Crippen LogP contribution in [0.1, 0.15) is 16.1 Å². The SMILES string of the molecule is O=C1NC(=O)N(c2ccc(Cl)cc2)C(=O)/C1=C\c1ccc(-c2ccccc2C(=O)[O-])o1. The van der Waals surface area contributed by atoms with E-state index in [-0.39, 0.29) is 33.9 Å². The number of imide groups is 2. The molecular weight excluding hydrogens is 424 g/mol. The van der Waals surface area contributed by atoms with Crippen molar-refractivity contribution in [3.63, 3.8) is 0 Å². The van der Waals surface area contributed by atoms with Crippen LogP contribution >= 0.6 is 11.6 Å². The summed E-state index contributed by atoms with van der Waals surface area (Å²) < 4.78 is 5.62. The number of nitrogens with one attached hydrogen (secondary N) is 1. The minimum atomic E-state index is -1.37. The van der Waals surface area contributed by atoms with E-state index in [4.69, 9.17) is 16.0 Å². The van der Waals surface area contributed by atoms with Crippen LogP contribution in [0.15, 0.2) is 70.7 Å². The third kappa shape index (κ3) is 3.84. The molecule has 1 aliphatic heterocycles. The third-order valence-electron chi connectivity index (χ3n) is 4.51. The van der Waals surface area contributed by atoms with Gasteiger partial charge in [0.25, 0.3) is 11.8 Å². The first-order valence-corrected chi connectivity index (χ1v) is 9.30. The monoisotopic (exact) mass is 435 g/mol. The second-order valence-electron chi connectivity index (χ2n) is 6.47. The zero-order valence-corrected chi connectivity index (χ0v) is 16.4. The number of carbonyl (C=O) groups excluding carboxylic acids is 4. The van der Waals surface area contributed by atoms with Crippen molar-refractivity contribution in [1.82, 2.24) is 5.32 Å². The number of hydrogen-bond acceptors (Lipinski definition) is 6. The molecule has 0 spiro atoms. The lowest BCUT2D eigenvalue weighted by atomic mass is 10.1. The van der Waals surface area contributed by atoms with Gasteiger partial charge in [-0.15, -0.1) is 0 Å². The van der Waals surface area contributed by atoms with Crippen molar-refractivity contribution < 1.29 is 28.7 Å². The van der Waals surface area contributed by atoms with Gasteiger partial charge in [-0.1, -0.05) is 35.9 Å². The molecule has 154 valence electrons. The summed E-state index contributed by atoms with van der Waals surface area (Å²) >= 11 is 5.84. The standard InChI is InChI=1S/C22H13ClN2O6/c23-12-5-7-13(8-6-12)25-20(27)17(19(26)24-22(25)30)11-14-9-10-18(31-14)15-3-1-2-4-16(15)21(28)29/h1-11H,(H,28,29)(H,24,26,30)/p-1/b17-11-. The van der Waals surface area contributed by atoms with E-state index in [0.717, 1.165) is 4.90 Å². The van der Waals surface area contributed by atoms with E-state index >= 15 is 0 Å². The summed E-state index contributed by atoms with van der Waals surface area (Å²) in [5.74, 6) is -2.77. The average molecular weight is 436 g/mol. The fourth-order valence-electron chi connectivity index (χ4n) is 3.08. The number of carboxylic acids is 1. The molecule has 9 heteroatoms. The predicted molar refractivity (Wildman–Crippen MR) is 109 cm³/mol. The van der Waals surface area contributed by atoms with Gasteiger partial charge in [0, 0.05) is 16.1 Å². The van der Waals surface area contributed by atoms with E-state index in [1.54, 1.807) is 18.2 Å². The molecule has 1 N–H and O–H groups in total. The molecule has 1 aliphatic rings. The summed E-state index contributed by atoms with van der Waals surface area (Å²) in [6.07, 6.45) is 1.18.